The summed E-state index contributed by atoms with van der Waals surface area (Å²) in [5.74, 6) is 0.669. The Morgan fingerprint density at radius 1 is 1.50 bits per heavy atom. The van der Waals surface area contributed by atoms with Crippen LogP contribution in [0.15, 0.2) is 12.3 Å². The van der Waals surface area contributed by atoms with Crippen LogP contribution >= 0.6 is 11.6 Å². The molecule has 1 saturated carbocycles. The Morgan fingerprint density at radius 2 is 2.30 bits per heavy atom. The summed E-state index contributed by atoms with van der Waals surface area (Å²) in [5.41, 5.74) is 1.16. The number of nitrogens with zero attached hydrogens (tertiary/aromatic N) is 2. The molecule has 1 aromatic heterocycles. The van der Waals surface area contributed by atoms with Gasteiger partial charge < -0.3 is 0 Å². The molecule has 0 aromatic carbocycles. The maximum absolute atomic E-state index is 5.79. The van der Waals surface area contributed by atoms with Gasteiger partial charge in [-0.25, -0.2) is 0 Å². The molecular weight excluding hydrogens is 148 g/mol. The van der Waals surface area contributed by atoms with E-state index in [1.165, 1.54) is 12.8 Å². The summed E-state index contributed by atoms with van der Waals surface area (Å²) in [5, 5.41) is 8.00. The summed E-state index contributed by atoms with van der Waals surface area (Å²) in [6.45, 7) is 0. The number of rotatable bonds is 1. The average molecular weight is 155 g/mol. The smallest absolute Gasteiger partial charge is 0.155 e. The van der Waals surface area contributed by atoms with E-state index in [9.17, 15) is 0 Å². The Hall–Kier alpha value is -0.630. The molecule has 0 radical (unpaired) electrons. The largest absolute Gasteiger partial charge is 0.158 e. The summed E-state index contributed by atoms with van der Waals surface area (Å²) in [4.78, 5) is 0. The highest BCUT2D eigenvalue weighted by atomic mass is 35.5. The third kappa shape index (κ3) is 0.991. The number of hydrogen-bond donors (Lipinski definition) is 0. The topological polar surface area (TPSA) is 25.8 Å². The Labute approximate surface area is 64.2 Å². The monoisotopic (exact) mass is 154 g/mol. The lowest BCUT2D eigenvalue weighted by Crippen LogP contribution is -1.86. The minimum atomic E-state index is 0.574. The molecule has 52 valence electrons. The van der Waals surface area contributed by atoms with Crippen molar-refractivity contribution in [1.82, 2.24) is 10.2 Å². The maximum atomic E-state index is 5.79. The first kappa shape index (κ1) is 6.10. The predicted molar refractivity (Wildman–Crippen MR) is 39.0 cm³/mol. The van der Waals surface area contributed by atoms with Gasteiger partial charge in [0, 0.05) is 6.20 Å². The van der Waals surface area contributed by atoms with Crippen LogP contribution in [0.3, 0.4) is 0 Å². The van der Waals surface area contributed by atoms with E-state index >= 15 is 0 Å². The molecule has 2 rings (SSSR count). The van der Waals surface area contributed by atoms with Gasteiger partial charge in [0.15, 0.2) is 5.15 Å². The molecule has 3 heteroatoms. The fourth-order valence-electron chi connectivity index (χ4n) is 1.02. The Kier molecular flexibility index (Phi) is 1.34. The van der Waals surface area contributed by atoms with Crippen LogP contribution in [-0.2, 0) is 0 Å². The third-order valence-electron chi connectivity index (χ3n) is 1.72. The van der Waals surface area contributed by atoms with E-state index in [4.69, 9.17) is 11.6 Å². The number of aromatic nitrogens is 2. The summed E-state index contributed by atoms with van der Waals surface area (Å²) in [6.07, 6.45) is 4.20. The first-order valence-electron chi connectivity index (χ1n) is 3.35. The number of halogens is 1. The molecule has 0 bridgehead atoms. The Balaban J connectivity index is 2.39. The molecular formula is C7H7ClN2. The highest BCUT2D eigenvalue weighted by Gasteiger charge is 2.25. The number of hydrogen-bond acceptors (Lipinski definition) is 2. The van der Waals surface area contributed by atoms with Crippen LogP contribution in [0.5, 0.6) is 0 Å². The van der Waals surface area contributed by atoms with Crippen LogP contribution in [0.25, 0.3) is 0 Å². The molecule has 0 atom stereocenters. The van der Waals surface area contributed by atoms with Crippen LogP contribution in [0.1, 0.15) is 24.3 Å². The van der Waals surface area contributed by atoms with Gasteiger partial charge in [0.2, 0.25) is 0 Å². The predicted octanol–water partition coefficient (Wildman–Crippen LogP) is 2.01. The van der Waals surface area contributed by atoms with Crippen molar-refractivity contribution in [3.8, 4) is 0 Å². The standard InChI is InChI=1S/C7H7ClN2/c8-7-6(5-1-2-5)3-4-9-10-7/h3-5H,1-2H2. The van der Waals surface area contributed by atoms with E-state index in [1.807, 2.05) is 6.07 Å². The Bertz CT molecular complexity index is 245. The fraction of sp³-hybridized carbons (Fsp3) is 0.429. The van der Waals surface area contributed by atoms with Crippen molar-refractivity contribution in [2.45, 2.75) is 18.8 Å². The van der Waals surface area contributed by atoms with Crippen molar-refractivity contribution >= 4 is 11.6 Å². The third-order valence-corrected chi connectivity index (χ3v) is 2.02. The Morgan fingerprint density at radius 3 is 2.90 bits per heavy atom. The van der Waals surface area contributed by atoms with Crippen molar-refractivity contribution in [3.63, 3.8) is 0 Å². The molecule has 10 heavy (non-hydrogen) atoms. The second-order valence-corrected chi connectivity index (χ2v) is 2.91. The van der Waals surface area contributed by atoms with Gasteiger partial charge in [0.05, 0.1) is 0 Å². The molecule has 0 N–H and O–H groups in total. The van der Waals surface area contributed by atoms with Crippen molar-refractivity contribution in [2.24, 2.45) is 0 Å². The van der Waals surface area contributed by atoms with Crippen LogP contribution in [0.2, 0.25) is 5.15 Å². The van der Waals surface area contributed by atoms with Gasteiger partial charge in [-0.1, -0.05) is 11.6 Å². The van der Waals surface area contributed by atoms with Crippen LogP contribution in [-0.4, -0.2) is 10.2 Å². The normalized spacial score (nSPS) is 17.3. The highest BCUT2D eigenvalue weighted by molar-refractivity contribution is 6.30. The minimum Gasteiger partial charge on any atom is -0.158 e. The fourth-order valence-corrected chi connectivity index (χ4v) is 1.28. The quantitative estimate of drug-likeness (QED) is 0.619. The molecule has 1 aliphatic rings. The van der Waals surface area contributed by atoms with E-state index in [0.29, 0.717) is 11.1 Å². The first-order chi connectivity index (χ1) is 4.88. The van der Waals surface area contributed by atoms with E-state index in [2.05, 4.69) is 10.2 Å². The molecule has 0 spiro atoms. The zero-order valence-electron chi connectivity index (χ0n) is 5.42. The van der Waals surface area contributed by atoms with Crippen LogP contribution < -0.4 is 0 Å². The van der Waals surface area contributed by atoms with Gasteiger partial charge >= 0.3 is 0 Å². The minimum absolute atomic E-state index is 0.574. The zero-order valence-corrected chi connectivity index (χ0v) is 6.17. The van der Waals surface area contributed by atoms with Crippen molar-refractivity contribution < 1.29 is 0 Å². The lowest BCUT2D eigenvalue weighted by molar-refractivity contribution is 0.978. The summed E-state index contributed by atoms with van der Waals surface area (Å²) in [7, 11) is 0. The van der Waals surface area contributed by atoms with E-state index in [0.717, 1.165) is 5.56 Å². The van der Waals surface area contributed by atoms with E-state index in [1.54, 1.807) is 6.20 Å². The molecule has 0 unspecified atom stereocenters. The maximum Gasteiger partial charge on any atom is 0.155 e. The lowest BCUT2D eigenvalue weighted by atomic mass is 10.2. The van der Waals surface area contributed by atoms with Gasteiger partial charge in [-0.3, -0.25) is 0 Å². The zero-order chi connectivity index (χ0) is 6.97. The van der Waals surface area contributed by atoms with Crippen molar-refractivity contribution in [1.29, 1.82) is 0 Å². The van der Waals surface area contributed by atoms with E-state index in [-0.39, 0.29) is 0 Å². The second kappa shape index (κ2) is 2.20. The molecule has 0 amide bonds. The molecule has 2 nitrogen and oxygen atoms in total. The molecule has 1 heterocycles. The van der Waals surface area contributed by atoms with Gasteiger partial charge in [-0.2, -0.15) is 5.10 Å². The highest BCUT2D eigenvalue weighted by Crippen LogP contribution is 2.41. The molecule has 0 aliphatic heterocycles. The molecule has 1 aliphatic carbocycles. The second-order valence-electron chi connectivity index (χ2n) is 2.55. The first-order valence-corrected chi connectivity index (χ1v) is 3.73. The van der Waals surface area contributed by atoms with Crippen molar-refractivity contribution in [2.75, 3.05) is 0 Å². The van der Waals surface area contributed by atoms with Gasteiger partial charge in [0.25, 0.3) is 0 Å². The van der Waals surface area contributed by atoms with Crippen molar-refractivity contribution in [3.05, 3.63) is 23.0 Å². The molecule has 1 fully saturated rings. The average Bonchev–Trinajstić information content (AvgIpc) is 2.71. The summed E-state index contributed by atoms with van der Waals surface area (Å²) in [6, 6.07) is 1.95. The SMILES string of the molecule is Clc1nnccc1C1CC1. The van der Waals surface area contributed by atoms with E-state index < -0.39 is 0 Å². The van der Waals surface area contributed by atoms with Crippen LogP contribution in [0, 0.1) is 0 Å². The van der Waals surface area contributed by atoms with Gasteiger partial charge in [-0.05, 0) is 30.4 Å². The van der Waals surface area contributed by atoms with Gasteiger partial charge in [0.1, 0.15) is 0 Å². The summed E-state index contributed by atoms with van der Waals surface area (Å²) >= 11 is 5.79. The summed E-state index contributed by atoms with van der Waals surface area (Å²) < 4.78 is 0. The van der Waals surface area contributed by atoms with Crippen LogP contribution in [0.4, 0.5) is 0 Å². The molecule has 0 saturated heterocycles. The molecule has 1 aromatic rings. The lowest BCUT2D eigenvalue weighted by Gasteiger charge is -1.96. The van der Waals surface area contributed by atoms with Gasteiger partial charge in [-0.15, -0.1) is 5.10 Å².